The molecule has 22 heavy (non-hydrogen) atoms. The highest BCUT2D eigenvalue weighted by Gasteiger charge is 2.27. The topological polar surface area (TPSA) is 41.0 Å². The fourth-order valence-corrected chi connectivity index (χ4v) is 4.01. The fraction of sp³-hybridized carbons (Fsp3) is 0.529. The minimum absolute atomic E-state index is 0.502. The van der Waals surface area contributed by atoms with Gasteiger partial charge in [-0.1, -0.05) is 0 Å². The number of anilines is 1. The maximum absolute atomic E-state index is 4.67. The normalized spacial score (nSPS) is 22.1. The lowest BCUT2D eigenvalue weighted by molar-refractivity contribution is 0.331. The van der Waals surface area contributed by atoms with Gasteiger partial charge in [0.1, 0.15) is 11.6 Å². The maximum Gasteiger partial charge on any atom is 0.133 e. The molecule has 1 aliphatic heterocycles. The first kappa shape index (κ1) is 14.2. The van der Waals surface area contributed by atoms with Crippen molar-refractivity contribution in [2.75, 3.05) is 18.4 Å². The molecule has 1 aliphatic carbocycles. The van der Waals surface area contributed by atoms with Crippen LogP contribution in [-0.4, -0.2) is 34.0 Å². The lowest BCUT2D eigenvalue weighted by Crippen LogP contribution is -2.26. The smallest absolute Gasteiger partial charge is 0.133 e. The Bertz CT molecular complexity index is 650. The highest BCUT2D eigenvalue weighted by molar-refractivity contribution is 7.10. The number of hydrogen-bond acceptors (Lipinski definition) is 5. The van der Waals surface area contributed by atoms with E-state index < -0.39 is 0 Å². The van der Waals surface area contributed by atoms with Crippen LogP contribution in [-0.2, 0) is 6.54 Å². The Morgan fingerprint density at radius 3 is 3.00 bits per heavy atom. The summed E-state index contributed by atoms with van der Waals surface area (Å²) in [4.78, 5) is 13.1. The molecule has 2 aromatic rings. The Balaban J connectivity index is 1.35. The van der Waals surface area contributed by atoms with Crippen LogP contribution in [0.4, 0.5) is 5.82 Å². The van der Waals surface area contributed by atoms with Crippen LogP contribution in [0.2, 0.25) is 0 Å². The summed E-state index contributed by atoms with van der Waals surface area (Å²) in [6.07, 6.45) is 5.58. The van der Waals surface area contributed by atoms with E-state index in [0.717, 1.165) is 31.3 Å². The van der Waals surface area contributed by atoms with Crippen molar-refractivity contribution >= 4 is 17.2 Å². The van der Waals surface area contributed by atoms with Gasteiger partial charge in [-0.05, 0) is 49.3 Å². The Kier molecular flexibility index (Phi) is 3.84. The van der Waals surface area contributed by atoms with E-state index in [0.29, 0.717) is 12.0 Å². The SMILES string of the molecule is Cc1ccsc1CN1CCC(Nc2ccnc(C3CC3)n2)C1. The van der Waals surface area contributed by atoms with E-state index in [9.17, 15) is 0 Å². The van der Waals surface area contributed by atoms with Crippen molar-refractivity contribution in [2.24, 2.45) is 0 Å². The summed E-state index contributed by atoms with van der Waals surface area (Å²) in [6.45, 7) is 5.55. The number of aromatic nitrogens is 2. The predicted molar refractivity (Wildman–Crippen MR) is 90.4 cm³/mol. The summed E-state index contributed by atoms with van der Waals surface area (Å²) in [6, 6.07) is 4.71. The van der Waals surface area contributed by atoms with E-state index in [-0.39, 0.29) is 0 Å². The monoisotopic (exact) mass is 314 g/mol. The molecule has 2 aromatic heterocycles. The molecule has 116 valence electrons. The molecule has 0 radical (unpaired) electrons. The van der Waals surface area contributed by atoms with Crippen LogP contribution in [0.25, 0.3) is 0 Å². The number of nitrogens with one attached hydrogen (secondary N) is 1. The number of likely N-dealkylation sites (tertiary alicyclic amines) is 1. The summed E-state index contributed by atoms with van der Waals surface area (Å²) < 4.78 is 0. The molecule has 0 amide bonds. The van der Waals surface area contributed by atoms with E-state index in [1.165, 1.54) is 29.7 Å². The van der Waals surface area contributed by atoms with Crippen molar-refractivity contribution in [3.63, 3.8) is 0 Å². The van der Waals surface area contributed by atoms with Crippen molar-refractivity contribution in [1.82, 2.24) is 14.9 Å². The Hall–Kier alpha value is -1.46. The van der Waals surface area contributed by atoms with Crippen LogP contribution in [0.3, 0.4) is 0 Å². The van der Waals surface area contributed by atoms with E-state index in [1.807, 2.05) is 23.6 Å². The third-order valence-corrected chi connectivity index (χ3v) is 5.58. The summed E-state index contributed by atoms with van der Waals surface area (Å²) in [5, 5.41) is 5.79. The van der Waals surface area contributed by atoms with Crippen molar-refractivity contribution < 1.29 is 0 Å². The Labute approximate surface area is 135 Å². The summed E-state index contributed by atoms with van der Waals surface area (Å²) in [5.41, 5.74) is 1.42. The van der Waals surface area contributed by atoms with Gasteiger partial charge in [-0.15, -0.1) is 11.3 Å². The number of aryl methyl sites for hydroxylation is 1. The zero-order valence-electron chi connectivity index (χ0n) is 13.0. The van der Waals surface area contributed by atoms with Gasteiger partial charge in [0.05, 0.1) is 0 Å². The molecule has 2 fully saturated rings. The highest BCUT2D eigenvalue weighted by Crippen LogP contribution is 2.38. The van der Waals surface area contributed by atoms with Gasteiger partial charge in [0, 0.05) is 42.7 Å². The second-order valence-corrected chi connectivity index (χ2v) is 7.47. The van der Waals surface area contributed by atoms with Crippen molar-refractivity contribution in [2.45, 2.75) is 44.7 Å². The first-order valence-electron chi connectivity index (χ1n) is 8.13. The number of rotatable bonds is 5. The molecule has 1 N–H and O–H groups in total. The molecule has 2 aliphatic rings. The van der Waals surface area contributed by atoms with Gasteiger partial charge in [0.25, 0.3) is 0 Å². The molecule has 0 bridgehead atoms. The van der Waals surface area contributed by atoms with Crippen LogP contribution in [0.15, 0.2) is 23.7 Å². The van der Waals surface area contributed by atoms with E-state index in [1.54, 1.807) is 0 Å². The average Bonchev–Trinajstić information content (AvgIpc) is 3.17. The fourth-order valence-electron chi connectivity index (χ4n) is 3.06. The first-order chi connectivity index (χ1) is 10.8. The van der Waals surface area contributed by atoms with Gasteiger partial charge in [-0.2, -0.15) is 0 Å². The second kappa shape index (κ2) is 5.97. The zero-order chi connectivity index (χ0) is 14.9. The molecule has 4 nitrogen and oxygen atoms in total. The maximum atomic E-state index is 4.67. The first-order valence-corrected chi connectivity index (χ1v) is 9.01. The van der Waals surface area contributed by atoms with Gasteiger partial charge in [-0.3, -0.25) is 4.90 Å². The molecule has 4 rings (SSSR count). The van der Waals surface area contributed by atoms with Gasteiger partial charge in [-0.25, -0.2) is 9.97 Å². The lowest BCUT2D eigenvalue weighted by Gasteiger charge is -2.17. The Morgan fingerprint density at radius 2 is 2.23 bits per heavy atom. The molecule has 3 heterocycles. The lowest BCUT2D eigenvalue weighted by atomic mass is 10.2. The number of nitrogens with zero attached hydrogens (tertiary/aromatic N) is 3. The Morgan fingerprint density at radius 1 is 1.32 bits per heavy atom. The molecule has 1 unspecified atom stereocenters. The molecule has 5 heteroatoms. The third-order valence-electron chi connectivity index (χ3n) is 4.58. The largest absolute Gasteiger partial charge is 0.366 e. The average molecular weight is 314 g/mol. The van der Waals surface area contributed by atoms with Crippen LogP contribution in [0, 0.1) is 6.92 Å². The summed E-state index contributed by atoms with van der Waals surface area (Å²) in [7, 11) is 0. The third kappa shape index (κ3) is 3.15. The molecular weight excluding hydrogens is 292 g/mol. The van der Waals surface area contributed by atoms with Gasteiger partial charge in [0.15, 0.2) is 0 Å². The van der Waals surface area contributed by atoms with Gasteiger partial charge < -0.3 is 5.32 Å². The number of thiophene rings is 1. The minimum atomic E-state index is 0.502. The van der Waals surface area contributed by atoms with Crippen LogP contribution in [0.5, 0.6) is 0 Å². The molecule has 1 atom stereocenters. The van der Waals surface area contributed by atoms with Gasteiger partial charge >= 0.3 is 0 Å². The van der Waals surface area contributed by atoms with Crippen LogP contribution in [0.1, 0.15) is 41.4 Å². The zero-order valence-corrected chi connectivity index (χ0v) is 13.8. The quantitative estimate of drug-likeness (QED) is 0.918. The van der Waals surface area contributed by atoms with Crippen LogP contribution < -0.4 is 5.32 Å². The predicted octanol–water partition coefficient (Wildman–Crippen LogP) is 3.41. The van der Waals surface area contributed by atoms with E-state index in [4.69, 9.17) is 0 Å². The molecule has 1 saturated carbocycles. The van der Waals surface area contributed by atoms with E-state index >= 15 is 0 Å². The van der Waals surface area contributed by atoms with Crippen LogP contribution >= 0.6 is 11.3 Å². The number of hydrogen-bond donors (Lipinski definition) is 1. The molecular formula is C17H22N4S. The van der Waals surface area contributed by atoms with Crippen molar-refractivity contribution in [3.05, 3.63) is 40.0 Å². The highest BCUT2D eigenvalue weighted by atomic mass is 32.1. The molecule has 0 aromatic carbocycles. The summed E-state index contributed by atoms with van der Waals surface area (Å²) in [5.74, 6) is 2.63. The standard InChI is InChI=1S/C17H22N4S/c1-12-6-9-22-15(12)11-21-8-5-14(10-21)19-16-4-7-18-17(20-16)13-2-3-13/h4,6-7,9,13-14H,2-3,5,8,10-11H2,1H3,(H,18,19,20). The van der Waals surface area contributed by atoms with Gasteiger partial charge in [0.2, 0.25) is 0 Å². The summed E-state index contributed by atoms with van der Waals surface area (Å²) >= 11 is 1.87. The van der Waals surface area contributed by atoms with Crippen molar-refractivity contribution in [3.8, 4) is 0 Å². The second-order valence-electron chi connectivity index (χ2n) is 6.47. The molecule has 0 spiro atoms. The minimum Gasteiger partial charge on any atom is -0.366 e. The van der Waals surface area contributed by atoms with E-state index in [2.05, 4.69) is 38.6 Å². The van der Waals surface area contributed by atoms with Crippen molar-refractivity contribution in [1.29, 1.82) is 0 Å². The molecule has 1 saturated heterocycles.